The van der Waals surface area contributed by atoms with E-state index < -0.39 is 0 Å². The summed E-state index contributed by atoms with van der Waals surface area (Å²) in [6.07, 6.45) is 2.03. The van der Waals surface area contributed by atoms with Gasteiger partial charge in [0.2, 0.25) is 0 Å². The Balaban J connectivity index is 1.29. The second kappa shape index (κ2) is 9.80. The highest BCUT2D eigenvalue weighted by Gasteiger charge is 2.13. The fourth-order valence-electron chi connectivity index (χ4n) is 3.57. The van der Waals surface area contributed by atoms with Crippen LogP contribution in [0.2, 0.25) is 0 Å². The molecule has 0 atom stereocenters. The third-order valence-corrected chi connectivity index (χ3v) is 5.19. The van der Waals surface area contributed by atoms with Crippen molar-refractivity contribution in [1.82, 2.24) is 14.8 Å². The van der Waals surface area contributed by atoms with Gasteiger partial charge in [-0.15, -0.1) is 0 Å². The second-order valence-corrected chi connectivity index (χ2v) is 7.34. The quantitative estimate of drug-likeness (QED) is 0.594. The Morgan fingerprint density at radius 1 is 1.13 bits per heavy atom. The van der Waals surface area contributed by atoms with Crippen LogP contribution in [0.3, 0.4) is 0 Å². The minimum Gasteiger partial charge on any atom is -0.463 e. The number of urea groups is 1. The summed E-state index contributed by atoms with van der Waals surface area (Å²) in [6, 6.07) is 11.5. The number of ether oxygens (including phenoxy) is 2. The maximum Gasteiger partial charge on any atom is 0.319 e. The SMILES string of the molecule is COCCn1ccc2ccc(NC(=O)NCc3ccc(CN4CCOCC4)o3)cc21. The van der Waals surface area contributed by atoms with Crippen molar-refractivity contribution in [1.29, 1.82) is 0 Å². The van der Waals surface area contributed by atoms with Crippen molar-refractivity contribution in [2.24, 2.45) is 0 Å². The first-order valence-electron chi connectivity index (χ1n) is 10.2. The molecule has 2 N–H and O–H groups in total. The van der Waals surface area contributed by atoms with E-state index in [1.165, 1.54) is 0 Å². The fourth-order valence-corrected chi connectivity index (χ4v) is 3.57. The number of carbonyl (C=O) groups is 1. The van der Waals surface area contributed by atoms with E-state index in [0.29, 0.717) is 13.2 Å². The molecule has 1 aromatic carbocycles. The minimum absolute atomic E-state index is 0.268. The number of aromatic nitrogens is 1. The van der Waals surface area contributed by atoms with E-state index in [9.17, 15) is 4.79 Å². The number of furan rings is 1. The smallest absolute Gasteiger partial charge is 0.319 e. The molecule has 8 nitrogen and oxygen atoms in total. The largest absolute Gasteiger partial charge is 0.463 e. The first kappa shape index (κ1) is 20.5. The zero-order chi connectivity index (χ0) is 20.8. The van der Waals surface area contributed by atoms with Crippen LogP contribution >= 0.6 is 0 Å². The first-order chi connectivity index (χ1) is 14.7. The molecule has 0 spiro atoms. The summed E-state index contributed by atoms with van der Waals surface area (Å²) in [5.41, 5.74) is 1.80. The zero-order valence-electron chi connectivity index (χ0n) is 17.2. The number of morpholine rings is 1. The lowest BCUT2D eigenvalue weighted by molar-refractivity contribution is 0.0312. The third-order valence-electron chi connectivity index (χ3n) is 5.19. The van der Waals surface area contributed by atoms with Gasteiger partial charge in [0, 0.05) is 38.6 Å². The molecular formula is C22H28N4O4. The van der Waals surface area contributed by atoms with Gasteiger partial charge in [-0.1, -0.05) is 6.07 Å². The number of nitrogens with one attached hydrogen (secondary N) is 2. The molecule has 8 heteroatoms. The molecular weight excluding hydrogens is 384 g/mol. The normalized spacial score (nSPS) is 14.8. The van der Waals surface area contributed by atoms with Crippen LogP contribution in [0.1, 0.15) is 11.5 Å². The van der Waals surface area contributed by atoms with Crippen LogP contribution < -0.4 is 10.6 Å². The second-order valence-electron chi connectivity index (χ2n) is 7.34. The molecule has 2 amide bonds. The van der Waals surface area contributed by atoms with Crippen molar-refractivity contribution >= 4 is 22.6 Å². The molecule has 1 aliphatic heterocycles. The van der Waals surface area contributed by atoms with E-state index in [1.807, 2.05) is 36.5 Å². The Morgan fingerprint density at radius 3 is 2.80 bits per heavy atom. The van der Waals surface area contributed by atoms with Crippen LogP contribution in [0.25, 0.3) is 10.9 Å². The van der Waals surface area contributed by atoms with E-state index in [0.717, 1.165) is 67.5 Å². The monoisotopic (exact) mass is 412 g/mol. The lowest BCUT2D eigenvalue weighted by atomic mass is 10.2. The summed E-state index contributed by atoms with van der Waals surface area (Å²) in [7, 11) is 1.69. The number of nitrogens with zero attached hydrogens (tertiary/aromatic N) is 2. The number of fused-ring (bicyclic) bond motifs is 1. The van der Waals surface area contributed by atoms with Gasteiger partial charge in [-0.05, 0) is 35.7 Å². The molecule has 160 valence electrons. The number of rotatable bonds is 8. The lowest BCUT2D eigenvalue weighted by Crippen LogP contribution is -2.35. The van der Waals surface area contributed by atoms with E-state index >= 15 is 0 Å². The van der Waals surface area contributed by atoms with Crippen molar-refractivity contribution in [2.45, 2.75) is 19.6 Å². The highest BCUT2D eigenvalue weighted by Crippen LogP contribution is 2.20. The Bertz CT molecular complexity index is 975. The van der Waals surface area contributed by atoms with Gasteiger partial charge in [0.25, 0.3) is 0 Å². The summed E-state index contributed by atoms with van der Waals surface area (Å²) in [4.78, 5) is 14.6. The molecule has 0 saturated carbocycles. The number of anilines is 1. The Morgan fingerprint density at radius 2 is 1.97 bits per heavy atom. The Labute approximate surface area is 175 Å². The van der Waals surface area contributed by atoms with Gasteiger partial charge >= 0.3 is 6.03 Å². The van der Waals surface area contributed by atoms with Crippen molar-refractivity contribution in [3.05, 3.63) is 54.1 Å². The van der Waals surface area contributed by atoms with E-state index in [1.54, 1.807) is 7.11 Å². The molecule has 0 unspecified atom stereocenters. The molecule has 0 aliphatic carbocycles. The van der Waals surface area contributed by atoms with Crippen LogP contribution in [0.5, 0.6) is 0 Å². The third kappa shape index (κ3) is 5.21. The van der Waals surface area contributed by atoms with Gasteiger partial charge in [0.1, 0.15) is 11.5 Å². The Hall–Kier alpha value is -2.81. The molecule has 1 fully saturated rings. The van der Waals surface area contributed by atoms with Gasteiger partial charge in [-0.3, -0.25) is 4.90 Å². The van der Waals surface area contributed by atoms with Crippen molar-refractivity contribution in [3.8, 4) is 0 Å². The van der Waals surface area contributed by atoms with Crippen LogP contribution in [0.15, 0.2) is 47.0 Å². The highest BCUT2D eigenvalue weighted by molar-refractivity contribution is 5.92. The molecule has 0 bridgehead atoms. The van der Waals surface area contributed by atoms with Crippen LogP contribution in [-0.4, -0.2) is 55.5 Å². The van der Waals surface area contributed by atoms with Gasteiger partial charge in [0.05, 0.1) is 38.4 Å². The summed E-state index contributed by atoms with van der Waals surface area (Å²) >= 11 is 0. The van der Waals surface area contributed by atoms with E-state index in [2.05, 4.69) is 26.2 Å². The number of hydrogen-bond acceptors (Lipinski definition) is 5. The molecule has 1 saturated heterocycles. The lowest BCUT2D eigenvalue weighted by Gasteiger charge is -2.25. The Kier molecular flexibility index (Phi) is 6.68. The van der Waals surface area contributed by atoms with E-state index in [-0.39, 0.29) is 6.03 Å². The van der Waals surface area contributed by atoms with Crippen LogP contribution in [0.4, 0.5) is 10.5 Å². The maximum absolute atomic E-state index is 12.3. The maximum atomic E-state index is 12.3. The van der Waals surface area contributed by atoms with E-state index in [4.69, 9.17) is 13.9 Å². The van der Waals surface area contributed by atoms with Gasteiger partial charge < -0.3 is 29.1 Å². The van der Waals surface area contributed by atoms with Gasteiger partial charge in [0.15, 0.2) is 0 Å². The number of amides is 2. The number of carbonyl (C=O) groups excluding carboxylic acids is 1. The molecule has 3 heterocycles. The molecule has 30 heavy (non-hydrogen) atoms. The van der Waals surface area contributed by atoms with Gasteiger partial charge in [-0.25, -0.2) is 4.79 Å². The van der Waals surface area contributed by atoms with Crippen molar-refractivity contribution in [3.63, 3.8) is 0 Å². The average molecular weight is 412 g/mol. The number of hydrogen-bond donors (Lipinski definition) is 2. The standard InChI is InChI=1S/C22H28N4O4/c1-28-11-10-26-7-6-17-2-3-18(14-21(17)26)24-22(27)23-15-19-4-5-20(30-19)16-25-8-12-29-13-9-25/h2-7,14H,8-13,15-16H2,1H3,(H2,23,24,27). The first-order valence-corrected chi connectivity index (χ1v) is 10.2. The topological polar surface area (TPSA) is 80.9 Å². The zero-order valence-corrected chi connectivity index (χ0v) is 17.2. The summed E-state index contributed by atoms with van der Waals surface area (Å²) in [5, 5.41) is 6.87. The molecule has 2 aromatic heterocycles. The van der Waals surface area contributed by atoms with Crippen LogP contribution in [0, 0.1) is 0 Å². The predicted octanol–water partition coefficient (Wildman–Crippen LogP) is 3.03. The van der Waals surface area contributed by atoms with Gasteiger partial charge in [-0.2, -0.15) is 0 Å². The van der Waals surface area contributed by atoms with Crippen molar-refractivity contribution < 1.29 is 18.7 Å². The summed E-state index contributed by atoms with van der Waals surface area (Å²) in [5.74, 6) is 1.63. The predicted molar refractivity (Wildman–Crippen MR) is 114 cm³/mol. The molecule has 0 radical (unpaired) electrons. The molecule has 4 rings (SSSR count). The van der Waals surface area contributed by atoms with Crippen molar-refractivity contribution in [2.75, 3.05) is 45.3 Å². The summed E-state index contributed by atoms with van der Waals surface area (Å²) in [6.45, 7) is 5.85. The number of methoxy groups -OCH3 is 1. The summed E-state index contributed by atoms with van der Waals surface area (Å²) < 4.78 is 18.5. The highest BCUT2D eigenvalue weighted by atomic mass is 16.5. The molecule has 3 aromatic rings. The number of benzene rings is 1. The fraction of sp³-hybridized carbons (Fsp3) is 0.409. The minimum atomic E-state index is -0.268. The average Bonchev–Trinajstić information content (AvgIpc) is 3.38. The molecule has 1 aliphatic rings. The van der Waals surface area contributed by atoms with Crippen LogP contribution in [-0.2, 0) is 29.1 Å².